The Bertz CT molecular complexity index is 872. The maximum absolute atomic E-state index is 12.3. The lowest BCUT2D eigenvalue weighted by Gasteiger charge is -2.09. The molecule has 0 aliphatic heterocycles. The zero-order valence-electron chi connectivity index (χ0n) is 11.6. The Kier molecular flexibility index (Phi) is 3.64. The highest BCUT2D eigenvalue weighted by molar-refractivity contribution is 7.87. The molecule has 112 valence electrons. The van der Waals surface area contributed by atoms with Gasteiger partial charge in [0.2, 0.25) is 6.39 Å². The molecule has 0 N–H and O–H groups in total. The van der Waals surface area contributed by atoms with Gasteiger partial charge < -0.3 is 8.60 Å². The van der Waals surface area contributed by atoms with E-state index in [-0.39, 0.29) is 16.5 Å². The number of para-hydroxylation sites is 1. The Labute approximate surface area is 127 Å². The highest BCUT2D eigenvalue weighted by Crippen LogP contribution is 2.30. The van der Waals surface area contributed by atoms with Crippen LogP contribution in [-0.4, -0.2) is 18.6 Å². The van der Waals surface area contributed by atoms with Crippen molar-refractivity contribution in [3.05, 3.63) is 60.5 Å². The molecule has 0 aliphatic rings. The molecule has 1 aromatic heterocycles. The van der Waals surface area contributed by atoms with Crippen molar-refractivity contribution in [2.75, 3.05) is 0 Å². The van der Waals surface area contributed by atoms with Gasteiger partial charge in [-0.05, 0) is 31.2 Å². The Balaban J connectivity index is 1.98. The predicted molar refractivity (Wildman–Crippen MR) is 78.7 cm³/mol. The monoisotopic (exact) mass is 316 g/mol. The molecule has 3 rings (SSSR count). The molecule has 0 radical (unpaired) electrons. The quantitative estimate of drug-likeness (QED) is 0.688. The van der Waals surface area contributed by atoms with Crippen molar-refractivity contribution in [1.82, 2.24) is 10.2 Å². The fourth-order valence-electron chi connectivity index (χ4n) is 1.88. The molecule has 0 fully saturated rings. The standard InChI is InChI=1S/C15H12N2O4S/c1-11-6-8-12(9-7-11)22(18,19)21-14-5-3-2-4-13(14)15-17-16-10-20-15/h2-10H,1H3. The highest BCUT2D eigenvalue weighted by atomic mass is 32.2. The molecule has 2 aromatic carbocycles. The molecule has 6 nitrogen and oxygen atoms in total. The summed E-state index contributed by atoms with van der Waals surface area (Å²) in [5.41, 5.74) is 1.38. The molecule has 0 amide bonds. The van der Waals surface area contributed by atoms with Gasteiger partial charge in [-0.3, -0.25) is 0 Å². The van der Waals surface area contributed by atoms with Gasteiger partial charge in [0.1, 0.15) is 4.90 Å². The minimum absolute atomic E-state index is 0.0819. The number of benzene rings is 2. The minimum Gasteiger partial charge on any atom is -0.423 e. The molecule has 22 heavy (non-hydrogen) atoms. The van der Waals surface area contributed by atoms with E-state index in [4.69, 9.17) is 8.60 Å². The fourth-order valence-corrected chi connectivity index (χ4v) is 2.83. The lowest BCUT2D eigenvalue weighted by Crippen LogP contribution is -2.10. The van der Waals surface area contributed by atoms with E-state index < -0.39 is 10.1 Å². The average Bonchev–Trinajstić information content (AvgIpc) is 3.02. The predicted octanol–water partition coefficient (Wildman–Crippen LogP) is 2.81. The number of nitrogens with zero attached hydrogens (tertiary/aromatic N) is 2. The van der Waals surface area contributed by atoms with Gasteiger partial charge in [0.25, 0.3) is 5.89 Å². The number of hydrogen-bond donors (Lipinski definition) is 0. The van der Waals surface area contributed by atoms with Gasteiger partial charge in [-0.15, -0.1) is 10.2 Å². The lowest BCUT2D eigenvalue weighted by atomic mass is 10.2. The average molecular weight is 316 g/mol. The van der Waals surface area contributed by atoms with E-state index in [0.29, 0.717) is 5.56 Å². The molecule has 7 heteroatoms. The van der Waals surface area contributed by atoms with Crippen LogP contribution in [0.25, 0.3) is 11.5 Å². The fraction of sp³-hybridized carbons (Fsp3) is 0.0667. The summed E-state index contributed by atoms with van der Waals surface area (Å²) in [6.45, 7) is 1.88. The first-order valence-electron chi connectivity index (χ1n) is 6.43. The molecule has 1 heterocycles. The van der Waals surface area contributed by atoms with Gasteiger partial charge >= 0.3 is 10.1 Å². The zero-order chi connectivity index (χ0) is 15.6. The SMILES string of the molecule is Cc1ccc(S(=O)(=O)Oc2ccccc2-c2nnco2)cc1. The van der Waals surface area contributed by atoms with Crippen LogP contribution in [0.3, 0.4) is 0 Å². The summed E-state index contributed by atoms with van der Waals surface area (Å²) in [7, 11) is -3.93. The molecular weight excluding hydrogens is 304 g/mol. The third-order valence-corrected chi connectivity index (χ3v) is 4.24. The van der Waals surface area contributed by atoms with Crippen molar-refractivity contribution < 1.29 is 17.0 Å². The van der Waals surface area contributed by atoms with Crippen LogP contribution >= 0.6 is 0 Å². The lowest BCUT2D eigenvalue weighted by molar-refractivity contribution is 0.485. The van der Waals surface area contributed by atoms with Crippen LogP contribution in [0.1, 0.15) is 5.56 Å². The summed E-state index contributed by atoms with van der Waals surface area (Å²) in [6.07, 6.45) is 1.17. The number of rotatable bonds is 4. The van der Waals surface area contributed by atoms with E-state index in [1.54, 1.807) is 30.3 Å². The normalized spacial score (nSPS) is 11.3. The Morgan fingerprint density at radius 1 is 1.05 bits per heavy atom. The van der Waals surface area contributed by atoms with E-state index in [1.807, 2.05) is 6.92 Å². The van der Waals surface area contributed by atoms with E-state index >= 15 is 0 Å². The first-order chi connectivity index (χ1) is 10.6. The smallest absolute Gasteiger partial charge is 0.339 e. The molecule has 0 saturated heterocycles. The van der Waals surface area contributed by atoms with Crippen molar-refractivity contribution >= 4 is 10.1 Å². The third kappa shape index (κ3) is 2.84. The molecule has 0 saturated carbocycles. The van der Waals surface area contributed by atoms with Crippen LogP contribution in [-0.2, 0) is 10.1 Å². The summed E-state index contributed by atoms with van der Waals surface area (Å²) < 4.78 is 35.0. The number of aryl methyl sites for hydroxylation is 1. The second kappa shape index (κ2) is 5.61. The van der Waals surface area contributed by atoms with Crippen LogP contribution in [0, 0.1) is 6.92 Å². The molecule has 0 atom stereocenters. The van der Waals surface area contributed by atoms with E-state index in [1.165, 1.54) is 24.6 Å². The minimum atomic E-state index is -3.93. The zero-order valence-corrected chi connectivity index (χ0v) is 12.4. The second-order valence-electron chi connectivity index (χ2n) is 4.59. The van der Waals surface area contributed by atoms with Gasteiger partial charge in [0.05, 0.1) is 5.56 Å². The van der Waals surface area contributed by atoms with E-state index in [0.717, 1.165) is 5.56 Å². The van der Waals surface area contributed by atoms with Gasteiger partial charge in [0.15, 0.2) is 5.75 Å². The number of hydrogen-bond acceptors (Lipinski definition) is 6. The van der Waals surface area contributed by atoms with Gasteiger partial charge in [-0.1, -0.05) is 29.8 Å². The van der Waals surface area contributed by atoms with Crippen molar-refractivity contribution in [2.45, 2.75) is 11.8 Å². The maximum Gasteiger partial charge on any atom is 0.339 e. The molecule has 0 unspecified atom stereocenters. The van der Waals surface area contributed by atoms with Gasteiger partial charge in [-0.2, -0.15) is 8.42 Å². The maximum atomic E-state index is 12.3. The van der Waals surface area contributed by atoms with Crippen LogP contribution in [0.5, 0.6) is 5.75 Å². The van der Waals surface area contributed by atoms with E-state index in [2.05, 4.69) is 10.2 Å². The topological polar surface area (TPSA) is 82.3 Å². The molecule has 0 spiro atoms. The van der Waals surface area contributed by atoms with Crippen LogP contribution in [0.4, 0.5) is 0 Å². The van der Waals surface area contributed by atoms with Gasteiger partial charge in [0, 0.05) is 0 Å². The van der Waals surface area contributed by atoms with Crippen LogP contribution in [0.2, 0.25) is 0 Å². The molecule has 3 aromatic rings. The van der Waals surface area contributed by atoms with Crippen molar-refractivity contribution in [3.63, 3.8) is 0 Å². The van der Waals surface area contributed by atoms with Crippen molar-refractivity contribution in [2.24, 2.45) is 0 Å². The summed E-state index contributed by atoms with van der Waals surface area (Å²) in [6, 6.07) is 13.0. The highest BCUT2D eigenvalue weighted by Gasteiger charge is 2.20. The second-order valence-corrected chi connectivity index (χ2v) is 6.14. The molecule has 0 bridgehead atoms. The first-order valence-corrected chi connectivity index (χ1v) is 7.84. The van der Waals surface area contributed by atoms with E-state index in [9.17, 15) is 8.42 Å². The Morgan fingerprint density at radius 3 is 2.45 bits per heavy atom. The number of aromatic nitrogens is 2. The summed E-state index contributed by atoms with van der Waals surface area (Å²) in [4.78, 5) is 0.0819. The molecule has 0 aliphatic carbocycles. The summed E-state index contributed by atoms with van der Waals surface area (Å²) >= 11 is 0. The van der Waals surface area contributed by atoms with Crippen LogP contribution < -0.4 is 4.18 Å². The first kappa shape index (κ1) is 14.3. The van der Waals surface area contributed by atoms with Gasteiger partial charge in [-0.25, -0.2) is 0 Å². The Morgan fingerprint density at radius 2 is 1.77 bits per heavy atom. The van der Waals surface area contributed by atoms with Crippen molar-refractivity contribution in [3.8, 4) is 17.2 Å². The third-order valence-electron chi connectivity index (χ3n) is 2.99. The summed E-state index contributed by atoms with van der Waals surface area (Å²) in [5, 5.41) is 7.35. The van der Waals surface area contributed by atoms with Crippen LogP contribution in [0.15, 0.2) is 64.2 Å². The molecular formula is C15H12N2O4S. The Hall–Kier alpha value is -2.67. The largest absolute Gasteiger partial charge is 0.423 e. The summed E-state index contributed by atoms with van der Waals surface area (Å²) in [5.74, 6) is 0.321. The van der Waals surface area contributed by atoms with Crippen molar-refractivity contribution in [1.29, 1.82) is 0 Å².